The highest BCUT2D eigenvalue weighted by Gasteiger charge is 2.40. The zero-order valence-electron chi connectivity index (χ0n) is 26.7. The standard InChI is InChI=1S/C34H45ClN4O5/c1-9-24-14-10-11-15-25(24)30(31(41)38-29-22(4)13-12-16-26(29)35)39(23(5)18-17-21(2)3)32(42)27(19-20-28(36)40)37-33(43)44-34(6,7)8/h1,10-16,21,23,27,30H,17-20H2,2-8H3,(H2,36,40)(H,37,43)(H,38,41). The van der Waals surface area contributed by atoms with Gasteiger partial charge in [-0.3, -0.25) is 14.4 Å². The molecule has 238 valence electrons. The van der Waals surface area contributed by atoms with Crippen LogP contribution in [0, 0.1) is 25.2 Å². The number of ether oxygens (including phenoxy) is 1. The van der Waals surface area contributed by atoms with Gasteiger partial charge in [0.1, 0.15) is 17.7 Å². The highest BCUT2D eigenvalue weighted by molar-refractivity contribution is 6.34. The first kappa shape index (κ1) is 36.2. The number of halogens is 1. The number of para-hydroxylation sites is 1. The van der Waals surface area contributed by atoms with E-state index < -0.39 is 47.5 Å². The first-order chi connectivity index (χ1) is 20.5. The van der Waals surface area contributed by atoms with Gasteiger partial charge < -0.3 is 26.0 Å². The normalized spacial score (nSPS) is 13.3. The first-order valence-electron chi connectivity index (χ1n) is 14.8. The Morgan fingerprint density at radius 1 is 1.02 bits per heavy atom. The number of carbonyl (C=O) groups is 4. The molecule has 0 fully saturated rings. The molecule has 0 saturated heterocycles. The summed E-state index contributed by atoms with van der Waals surface area (Å²) in [6.45, 7) is 12.9. The number of amides is 4. The van der Waals surface area contributed by atoms with E-state index in [1.165, 1.54) is 4.90 Å². The summed E-state index contributed by atoms with van der Waals surface area (Å²) in [4.78, 5) is 55.1. The molecule has 0 bridgehead atoms. The summed E-state index contributed by atoms with van der Waals surface area (Å²) < 4.78 is 5.42. The first-order valence-corrected chi connectivity index (χ1v) is 15.1. The number of aryl methyl sites for hydroxylation is 1. The number of rotatable bonds is 13. The molecule has 0 heterocycles. The Balaban J connectivity index is 2.75. The number of carbonyl (C=O) groups excluding carboxylic acids is 4. The third kappa shape index (κ3) is 10.6. The molecular weight excluding hydrogens is 580 g/mol. The Labute approximate surface area is 266 Å². The van der Waals surface area contributed by atoms with Crippen LogP contribution in [-0.4, -0.2) is 46.4 Å². The van der Waals surface area contributed by atoms with Crippen LogP contribution >= 0.6 is 11.6 Å². The average molecular weight is 625 g/mol. The lowest BCUT2D eigenvalue weighted by Gasteiger charge is -2.39. The minimum absolute atomic E-state index is 0.102. The highest BCUT2D eigenvalue weighted by Crippen LogP contribution is 2.33. The number of hydrogen-bond acceptors (Lipinski definition) is 5. The predicted octanol–water partition coefficient (Wildman–Crippen LogP) is 6.12. The molecule has 4 N–H and O–H groups in total. The maximum atomic E-state index is 14.6. The van der Waals surface area contributed by atoms with Crippen molar-refractivity contribution >= 4 is 41.1 Å². The van der Waals surface area contributed by atoms with Crippen molar-refractivity contribution < 1.29 is 23.9 Å². The van der Waals surface area contributed by atoms with Crippen LogP contribution in [0.2, 0.25) is 5.02 Å². The van der Waals surface area contributed by atoms with Gasteiger partial charge >= 0.3 is 6.09 Å². The molecule has 0 aliphatic rings. The number of nitrogens with two attached hydrogens (primary N) is 1. The van der Waals surface area contributed by atoms with Crippen LogP contribution in [0.3, 0.4) is 0 Å². The number of terminal acetylenes is 1. The Morgan fingerprint density at radius 2 is 1.68 bits per heavy atom. The maximum Gasteiger partial charge on any atom is 0.408 e. The van der Waals surface area contributed by atoms with Gasteiger partial charge in [0.15, 0.2) is 0 Å². The van der Waals surface area contributed by atoms with Gasteiger partial charge in [-0.25, -0.2) is 4.79 Å². The predicted molar refractivity (Wildman–Crippen MR) is 174 cm³/mol. The molecule has 10 heteroatoms. The van der Waals surface area contributed by atoms with Crippen LogP contribution in [0.15, 0.2) is 42.5 Å². The topological polar surface area (TPSA) is 131 Å². The molecule has 9 nitrogen and oxygen atoms in total. The Bertz CT molecular complexity index is 1360. The van der Waals surface area contributed by atoms with Gasteiger partial charge in [0, 0.05) is 18.0 Å². The minimum atomic E-state index is -1.23. The molecule has 44 heavy (non-hydrogen) atoms. The van der Waals surface area contributed by atoms with E-state index in [0.717, 1.165) is 12.0 Å². The third-order valence-corrected chi connectivity index (χ3v) is 7.28. The van der Waals surface area contributed by atoms with Crippen molar-refractivity contribution in [3.05, 3.63) is 64.2 Å². The lowest BCUT2D eigenvalue weighted by atomic mass is 9.93. The Kier molecular flexibility index (Phi) is 13.3. The van der Waals surface area contributed by atoms with E-state index in [0.29, 0.717) is 34.2 Å². The second kappa shape index (κ2) is 16.2. The van der Waals surface area contributed by atoms with Gasteiger partial charge in [-0.15, -0.1) is 6.42 Å². The second-order valence-electron chi connectivity index (χ2n) is 12.3. The molecule has 0 spiro atoms. The lowest BCUT2D eigenvalue weighted by molar-refractivity contribution is -0.143. The SMILES string of the molecule is C#Cc1ccccc1C(C(=O)Nc1c(C)cccc1Cl)N(C(=O)C(CCC(N)=O)NC(=O)OC(C)(C)C)C(C)CCC(C)C. The van der Waals surface area contributed by atoms with Crippen molar-refractivity contribution in [1.29, 1.82) is 0 Å². The molecular formula is C34H45ClN4O5. The van der Waals surface area contributed by atoms with Gasteiger partial charge in [-0.2, -0.15) is 0 Å². The van der Waals surface area contributed by atoms with E-state index in [9.17, 15) is 19.2 Å². The summed E-state index contributed by atoms with van der Waals surface area (Å²) >= 11 is 6.47. The van der Waals surface area contributed by atoms with E-state index in [-0.39, 0.29) is 12.8 Å². The summed E-state index contributed by atoms with van der Waals surface area (Å²) in [6, 6.07) is 9.19. The second-order valence-corrected chi connectivity index (χ2v) is 12.7. The number of benzene rings is 2. The monoisotopic (exact) mass is 624 g/mol. The number of primary amides is 1. The summed E-state index contributed by atoms with van der Waals surface area (Å²) in [5.74, 6) is 1.18. The zero-order valence-corrected chi connectivity index (χ0v) is 27.5. The molecule has 3 unspecified atom stereocenters. The third-order valence-electron chi connectivity index (χ3n) is 6.97. The molecule has 4 amide bonds. The number of anilines is 1. The summed E-state index contributed by atoms with van der Waals surface area (Å²) in [5, 5.41) is 5.87. The molecule has 0 radical (unpaired) electrons. The van der Waals surface area contributed by atoms with Crippen LogP contribution in [-0.2, 0) is 19.1 Å². The van der Waals surface area contributed by atoms with E-state index in [2.05, 4.69) is 30.4 Å². The van der Waals surface area contributed by atoms with Crippen molar-refractivity contribution in [3.63, 3.8) is 0 Å². The van der Waals surface area contributed by atoms with E-state index in [4.69, 9.17) is 28.5 Å². The van der Waals surface area contributed by atoms with Crippen molar-refractivity contribution in [3.8, 4) is 12.3 Å². The van der Waals surface area contributed by atoms with Crippen molar-refractivity contribution in [2.75, 3.05) is 5.32 Å². The highest BCUT2D eigenvalue weighted by atomic mass is 35.5. The van der Waals surface area contributed by atoms with Crippen LogP contribution < -0.4 is 16.4 Å². The van der Waals surface area contributed by atoms with E-state index >= 15 is 0 Å². The fourth-order valence-corrected chi connectivity index (χ4v) is 5.02. The molecule has 0 aliphatic heterocycles. The molecule has 0 aromatic heterocycles. The minimum Gasteiger partial charge on any atom is -0.444 e. The molecule has 2 aromatic rings. The Morgan fingerprint density at radius 3 is 2.25 bits per heavy atom. The molecule has 0 aliphatic carbocycles. The smallest absolute Gasteiger partial charge is 0.408 e. The van der Waals surface area contributed by atoms with Gasteiger partial charge in [-0.1, -0.05) is 61.7 Å². The average Bonchev–Trinajstić information content (AvgIpc) is 2.93. The van der Waals surface area contributed by atoms with Crippen molar-refractivity contribution in [2.45, 2.75) is 97.9 Å². The fourth-order valence-electron chi connectivity index (χ4n) is 4.75. The van der Waals surface area contributed by atoms with E-state index in [1.54, 1.807) is 57.2 Å². The quantitative estimate of drug-likeness (QED) is 0.231. The van der Waals surface area contributed by atoms with Crippen LogP contribution in [0.4, 0.5) is 10.5 Å². The van der Waals surface area contributed by atoms with Crippen molar-refractivity contribution in [1.82, 2.24) is 10.2 Å². The summed E-state index contributed by atoms with van der Waals surface area (Å²) in [7, 11) is 0. The summed E-state index contributed by atoms with van der Waals surface area (Å²) in [5.41, 5.74) is 6.57. The lowest BCUT2D eigenvalue weighted by Crippen LogP contribution is -2.55. The van der Waals surface area contributed by atoms with Gasteiger partial charge in [0.25, 0.3) is 5.91 Å². The van der Waals surface area contributed by atoms with Crippen LogP contribution in [0.25, 0.3) is 0 Å². The van der Waals surface area contributed by atoms with Gasteiger partial charge in [0.05, 0.1) is 10.7 Å². The zero-order chi connectivity index (χ0) is 33.2. The Hall–Kier alpha value is -4.03. The number of alkyl carbamates (subject to hydrolysis) is 1. The van der Waals surface area contributed by atoms with Gasteiger partial charge in [0.2, 0.25) is 11.8 Å². The maximum absolute atomic E-state index is 14.6. The molecule has 2 rings (SSSR count). The number of nitrogens with zero attached hydrogens (tertiary/aromatic N) is 1. The number of nitrogens with one attached hydrogen (secondary N) is 2. The largest absolute Gasteiger partial charge is 0.444 e. The molecule has 0 saturated carbocycles. The number of hydrogen-bond donors (Lipinski definition) is 3. The van der Waals surface area contributed by atoms with E-state index in [1.807, 2.05) is 19.9 Å². The van der Waals surface area contributed by atoms with Crippen molar-refractivity contribution in [2.24, 2.45) is 11.7 Å². The van der Waals surface area contributed by atoms with Crippen LogP contribution in [0.5, 0.6) is 0 Å². The van der Waals surface area contributed by atoms with Gasteiger partial charge in [-0.05, 0) is 83.1 Å². The fraction of sp³-hybridized carbons (Fsp3) is 0.471. The summed E-state index contributed by atoms with van der Waals surface area (Å²) in [6.07, 6.45) is 6.05. The van der Waals surface area contributed by atoms with Crippen LogP contribution in [0.1, 0.15) is 90.0 Å². The molecule has 2 aromatic carbocycles. The molecule has 3 atom stereocenters.